The monoisotopic (exact) mass is 376 g/mol. The van der Waals surface area contributed by atoms with Crippen LogP contribution in [0.25, 0.3) is 0 Å². The van der Waals surface area contributed by atoms with Crippen molar-refractivity contribution in [1.29, 1.82) is 0 Å². The third-order valence-corrected chi connectivity index (χ3v) is 4.37. The summed E-state index contributed by atoms with van der Waals surface area (Å²) in [6.07, 6.45) is 0. The third kappa shape index (κ3) is 6.25. The van der Waals surface area contributed by atoms with Gasteiger partial charge in [0.05, 0.1) is 5.56 Å². The lowest BCUT2D eigenvalue weighted by atomic mass is 10.2. The molecule has 0 aliphatic carbocycles. The molecule has 0 aliphatic rings. The van der Waals surface area contributed by atoms with E-state index < -0.39 is 5.97 Å². The van der Waals surface area contributed by atoms with Crippen LogP contribution in [0.5, 0.6) is 0 Å². The van der Waals surface area contributed by atoms with Crippen molar-refractivity contribution in [2.45, 2.75) is 14.7 Å². The largest absolute Gasteiger partial charge is 0.478 e. The van der Waals surface area contributed by atoms with Crippen molar-refractivity contribution in [2.24, 2.45) is 0 Å². The van der Waals surface area contributed by atoms with Gasteiger partial charge in [-0.15, -0.1) is 12.6 Å². The van der Waals surface area contributed by atoms with E-state index in [2.05, 4.69) is 12.6 Å². The lowest BCUT2D eigenvalue weighted by Crippen LogP contribution is -1.97. The van der Waals surface area contributed by atoms with E-state index in [4.69, 9.17) is 5.11 Å². The molecule has 1 N–H and O–H groups in total. The minimum absolute atomic E-state index is 0.220. The van der Waals surface area contributed by atoms with Crippen molar-refractivity contribution < 1.29 is 18.7 Å². The van der Waals surface area contributed by atoms with E-state index in [1.165, 1.54) is 36.0 Å². The number of carbonyl (C=O) groups is 1. The zero-order valence-electron chi connectivity index (χ0n) is 12.9. The molecule has 2 nitrogen and oxygen atoms in total. The van der Waals surface area contributed by atoms with Gasteiger partial charge in [0.2, 0.25) is 0 Å². The Morgan fingerprint density at radius 1 is 0.840 bits per heavy atom. The molecule has 0 saturated carbocycles. The lowest BCUT2D eigenvalue weighted by molar-refractivity contribution is 0.0693. The van der Waals surface area contributed by atoms with Crippen LogP contribution < -0.4 is 0 Å². The topological polar surface area (TPSA) is 37.3 Å². The first kappa shape index (κ1) is 19.0. The van der Waals surface area contributed by atoms with Gasteiger partial charge in [0, 0.05) is 14.7 Å². The van der Waals surface area contributed by atoms with Gasteiger partial charge in [-0.25, -0.2) is 13.6 Å². The molecule has 3 rings (SSSR count). The summed E-state index contributed by atoms with van der Waals surface area (Å²) in [5.41, 5.74) is 0.252. The maximum Gasteiger partial charge on any atom is 0.336 e. The summed E-state index contributed by atoms with van der Waals surface area (Å²) >= 11 is 5.27. The Morgan fingerprint density at radius 2 is 1.36 bits per heavy atom. The molecule has 3 aromatic rings. The molecule has 0 aromatic heterocycles. The van der Waals surface area contributed by atoms with Crippen LogP contribution in [0.2, 0.25) is 0 Å². The van der Waals surface area contributed by atoms with Gasteiger partial charge in [0.15, 0.2) is 0 Å². The summed E-state index contributed by atoms with van der Waals surface area (Å²) in [4.78, 5) is 13.2. The minimum Gasteiger partial charge on any atom is -0.478 e. The highest BCUT2D eigenvalue weighted by Gasteiger charge is 2.09. The Morgan fingerprint density at radius 3 is 1.88 bits per heavy atom. The Labute approximate surface area is 153 Å². The smallest absolute Gasteiger partial charge is 0.336 e. The second kappa shape index (κ2) is 9.25. The first-order chi connectivity index (χ1) is 12.0. The van der Waals surface area contributed by atoms with Crippen LogP contribution in [-0.2, 0) is 0 Å². The second-order valence-corrected chi connectivity index (χ2v) is 6.47. The van der Waals surface area contributed by atoms with Crippen molar-refractivity contribution in [1.82, 2.24) is 0 Å². The van der Waals surface area contributed by atoms with Gasteiger partial charge in [0.25, 0.3) is 0 Å². The second-order valence-electron chi connectivity index (χ2n) is 4.83. The molecule has 3 aromatic carbocycles. The van der Waals surface area contributed by atoms with Crippen LogP contribution >= 0.6 is 24.4 Å². The van der Waals surface area contributed by atoms with Crippen LogP contribution in [0.3, 0.4) is 0 Å². The molecular weight excluding hydrogens is 362 g/mol. The van der Waals surface area contributed by atoms with Crippen molar-refractivity contribution in [3.05, 3.63) is 90.0 Å². The molecule has 0 radical (unpaired) electrons. The van der Waals surface area contributed by atoms with E-state index in [-0.39, 0.29) is 17.2 Å². The highest BCUT2D eigenvalue weighted by molar-refractivity contribution is 7.99. The van der Waals surface area contributed by atoms with Gasteiger partial charge < -0.3 is 5.11 Å². The fraction of sp³-hybridized carbons (Fsp3) is 0. The first-order valence-electron chi connectivity index (χ1n) is 7.16. The minimum atomic E-state index is -0.963. The number of carboxylic acids is 1. The molecule has 128 valence electrons. The zero-order valence-corrected chi connectivity index (χ0v) is 14.6. The van der Waals surface area contributed by atoms with Crippen molar-refractivity contribution in [3.63, 3.8) is 0 Å². The predicted molar refractivity (Wildman–Crippen MR) is 97.6 cm³/mol. The van der Waals surface area contributed by atoms with E-state index in [9.17, 15) is 13.6 Å². The average molecular weight is 376 g/mol. The van der Waals surface area contributed by atoms with Gasteiger partial charge in [-0.3, -0.25) is 0 Å². The van der Waals surface area contributed by atoms with Gasteiger partial charge in [-0.1, -0.05) is 23.9 Å². The Balaban J connectivity index is 0.000000236. The number of hydrogen-bond donors (Lipinski definition) is 2. The molecule has 0 unspecified atom stereocenters. The van der Waals surface area contributed by atoms with Crippen molar-refractivity contribution >= 4 is 30.4 Å². The highest BCUT2D eigenvalue weighted by Crippen LogP contribution is 2.30. The number of hydrogen-bond acceptors (Lipinski definition) is 3. The summed E-state index contributed by atoms with van der Waals surface area (Å²) in [5.74, 6) is -1.49. The van der Waals surface area contributed by atoms with Crippen molar-refractivity contribution in [2.75, 3.05) is 0 Å². The van der Waals surface area contributed by atoms with Crippen LogP contribution in [0.4, 0.5) is 8.78 Å². The fourth-order valence-corrected chi connectivity index (χ4v) is 2.89. The molecule has 0 atom stereocenters. The molecule has 0 bridgehead atoms. The number of halogens is 2. The Kier molecular flexibility index (Phi) is 7.03. The molecule has 0 amide bonds. The number of carboxylic acid groups (broad SMARTS) is 1. The standard InChI is InChI=1S/C13H9FO2S.C6H5FS/c14-9-5-7-10(8-6-9)17-12-4-2-1-3-11(12)13(15)16;7-5-1-3-6(8)4-2-5/h1-8H,(H,15,16);1-4,8H. The summed E-state index contributed by atoms with van der Waals surface area (Å²) in [7, 11) is 0. The highest BCUT2D eigenvalue weighted by atomic mass is 32.2. The van der Waals surface area contributed by atoms with Gasteiger partial charge >= 0.3 is 5.97 Å². The maximum absolute atomic E-state index is 12.7. The van der Waals surface area contributed by atoms with E-state index >= 15 is 0 Å². The fourth-order valence-electron chi connectivity index (χ4n) is 1.80. The molecule has 0 fully saturated rings. The molecular formula is C19H14F2O2S2. The first-order valence-corrected chi connectivity index (χ1v) is 8.42. The summed E-state index contributed by atoms with van der Waals surface area (Å²) < 4.78 is 24.8. The van der Waals surface area contributed by atoms with Gasteiger partial charge in [-0.05, 0) is 60.7 Å². The van der Waals surface area contributed by atoms with E-state index in [0.717, 1.165) is 9.79 Å². The molecule has 6 heteroatoms. The SMILES string of the molecule is Fc1ccc(S)cc1.O=C(O)c1ccccc1Sc1ccc(F)cc1. The lowest BCUT2D eigenvalue weighted by Gasteiger charge is -2.05. The van der Waals surface area contributed by atoms with Gasteiger partial charge in [0.1, 0.15) is 11.6 Å². The summed E-state index contributed by atoms with van der Waals surface area (Å²) in [6, 6.07) is 18.7. The normalized spacial score (nSPS) is 9.88. The third-order valence-electron chi connectivity index (χ3n) is 2.99. The zero-order chi connectivity index (χ0) is 18.2. The number of thiol groups is 1. The molecule has 25 heavy (non-hydrogen) atoms. The summed E-state index contributed by atoms with van der Waals surface area (Å²) in [5, 5.41) is 9.01. The number of benzene rings is 3. The molecule has 0 heterocycles. The van der Waals surface area contributed by atoms with Crippen molar-refractivity contribution in [3.8, 4) is 0 Å². The number of rotatable bonds is 3. The average Bonchev–Trinajstić information content (AvgIpc) is 2.60. The van der Waals surface area contributed by atoms with Crippen LogP contribution in [-0.4, -0.2) is 11.1 Å². The molecule has 0 aliphatic heterocycles. The predicted octanol–water partition coefficient (Wildman–Crippen LogP) is 5.79. The van der Waals surface area contributed by atoms with E-state index in [1.807, 2.05) is 0 Å². The molecule has 0 saturated heterocycles. The van der Waals surface area contributed by atoms with Gasteiger partial charge in [-0.2, -0.15) is 0 Å². The van der Waals surface area contributed by atoms with E-state index in [1.54, 1.807) is 48.5 Å². The number of aromatic carboxylic acids is 1. The Bertz CT molecular complexity index is 814. The van der Waals surface area contributed by atoms with E-state index in [0.29, 0.717) is 4.90 Å². The Hall–Kier alpha value is -2.31. The maximum atomic E-state index is 12.7. The van der Waals surface area contributed by atoms with Crippen LogP contribution in [0.1, 0.15) is 10.4 Å². The van der Waals surface area contributed by atoms with Crippen LogP contribution in [0, 0.1) is 11.6 Å². The van der Waals surface area contributed by atoms with Crippen LogP contribution in [0.15, 0.2) is 87.5 Å². The summed E-state index contributed by atoms with van der Waals surface area (Å²) in [6.45, 7) is 0. The molecule has 0 spiro atoms. The quantitative estimate of drug-likeness (QED) is 0.568.